The number of esters is 4. The summed E-state index contributed by atoms with van der Waals surface area (Å²) in [5.74, 6) is -3.65. The number of hydrogen-bond donors (Lipinski definition) is 0. The van der Waals surface area contributed by atoms with E-state index in [1.54, 1.807) is 41.5 Å². The molecule has 2 saturated carbocycles. The number of fused-ring (bicyclic) bond motifs is 2. The molecule has 8 unspecified atom stereocenters. The lowest BCUT2D eigenvalue weighted by atomic mass is 9.68. The number of carbonyl (C=O) groups excluding carboxylic acids is 5. The van der Waals surface area contributed by atoms with Crippen LogP contribution < -0.4 is 0 Å². The standard InChI is InChI=1S/C29H44O8/c1-15(24(31)37-29(7,8)14-16(2)30)11-20(25(32)36-28(4,5)6)13-21-23(27(34)35-26(21)33)22-17(3)18-9-10-19(22)12-18/h15,17-23H,9-14H2,1-8H3. The van der Waals surface area contributed by atoms with Crippen LogP contribution >= 0.6 is 0 Å². The van der Waals surface area contributed by atoms with Gasteiger partial charge in [0.2, 0.25) is 0 Å². The van der Waals surface area contributed by atoms with Crippen molar-refractivity contribution < 1.29 is 38.2 Å². The predicted molar refractivity (Wildman–Crippen MR) is 135 cm³/mol. The average Bonchev–Trinajstić information content (AvgIpc) is 3.38. The fourth-order valence-electron chi connectivity index (χ4n) is 6.98. The highest BCUT2D eigenvalue weighted by atomic mass is 16.6. The molecule has 3 fully saturated rings. The third-order valence-corrected chi connectivity index (χ3v) is 8.40. The molecule has 2 aliphatic carbocycles. The molecule has 2 bridgehead atoms. The van der Waals surface area contributed by atoms with Crippen LogP contribution in [0.2, 0.25) is 0 Å². The summed E-state index contributed by atoms with van der Waals surface area (Å²) < 4.78 is 16.4. The van der Waals surface area contributed by atoms with Gasteiger partial charge in [-0.1, -0.05) is 13.8 Å². The molecule has 0 spiro atoms. The van der Waals surface area contributed by atoms with Crippen molar-refractivity contribution in [3.8, 4) is 0 Å². The molecule has 0 aromatic heterocycles. The Morgan fingerprint density at radius 3 is 2.14 bits per heavy atom. The predicted octanol–water partition coefficient (Wildman–Crippen LogP) is 4.66. The van der Waals surface area contributed by atoms with Gasteiger partial charge in [0.15, 0.2) is 0 Å². The molecule has 3 rings (SSSR count). The van der Waals surface area contributed by atoms with Crippen LogP contribution in [0.1, 0.15) is 93.9 Å². The summed E-state index contributed by atoms with van der Waals surface area (Å²) >= 11 is 0. The smallest absolute Gasteiger partial charge is 0.317 e. The maximum Gasteiger partial charge on any atom is 0.317 e. The summed E-state index contributed by atoms with van der Waals surface area (Å²) in [7, 11) is 0. The molecule has 0 radical (unpaired) electrons. The number of Topliss-reactive ketones (excluding diaryl/α,β-unsaturated/α-hetero) is 1. The molecule has 0 N–H and O–H groups in total. The minimum absolute atomic E-state index is 0.0664. The lowest BCUT2D eigenvalue weighted by Gasteiger charge is -2.34. The Bertz CT molecular complexity index is 927. The van der Waals surface area contributed by atoms with Gasteiger partial charge in [0.1, 0.15) is 17.0 Å². The first kappa shape index (κ1) is 29.3. The summed E-state index contributed by atoms with van der Waals surface area (Å²) in [5.41, 5.74) is -1.73. The summed E-state index contributed by atoms with van der Waals surface area (Å²) in [6.45, 7) is 13.9. The molecule has 208 valence electrons. The summed E-state index contributed by atoms with van der Waals surface area (Å²) in [5, 5.41) is 0. The number of cyclic esters (lactones) is 2. The van der Waals surface area contributed by atoms with Gasteiger partial charge >= 0.3 is 23.9 Å². The van der Waals surface area contributed by atoms with Gasteiger partial charge in [-0.25, -0.2) is 0 Å². The first-order valence-electron chi connectivity index (χ1n) is 13.7. The van der Waals surface area contributed by atoms with E-state index in [2.05, 4.69) is 6.92 Å². The van der Waals surface area contributed by atoms with Crippen LogP contribution in [0.25, 0.3) is 0 Å². The lowest BCUT2D eigenvalue weighted by Crippen LogP contribution is -2.38. The van der Waals surface area contributed by atoms with Crippen molar-refractivity contribution in [2.45, 2.75) is 105 Å². The second kappa shape index (κ2) is 10.9. The number of carbonyl (C=O) groups is 5. The normalized spacial score (nSPS) is 31.1. The van der Waals surface area contributed by atoms with Gasteiger partial charge < -0.3 is 14.2 Å². The van der Waals surface area contributed by atoms with E-state index in [0.29, 0.717) is 17.8 Å². The van der Waals surface area contributed by atoms with E-state index in [-0.39, 0.29) is 31.0 Å². The lowest BCUT2D eigenvalue weighted by molar-refractivity contribution is -0.166. The Labute approximate surface area is 220 Å². The number of hydrogen-bond acceptors (Lipinski definition) is 8. The van der Waals surface area contributed by atoms with Crippen LogP contribution in [-0.2, 0) is 38.2 Å². The summed E-state index contributed by atoms with van der Waals surface area (Å²) in [6.07, 6.45) is 3.55. The SMILES string of the molecule is CC(=O)CC(C)(C)OC(=O)C(C)CC(CC1C(=O)OC(=O)C1C1C2CCC(C2)C1C)C(=O)OC(C)(C)C. The van der Waals surface area contributed by atoms with Crippen LogP contribution in [0, 0.1) is 47.3 Å². The molecule has 0 aromatic rings. The van der Waals surface area contributed by atoms with E-state index in [1.807, 2.05) is 0 Å². The maximum atomic E-state index is 13.3. The Hall–Kier alpha value is -2.25. The average molecular weight is 521 g/mol. The second-order valence-corrected chi connectivity index (χ2v) is 13.3. The fraction of sp³-hybridized carbons (Fsp3) is 0.828. The highest BCUT2D eigenvalue weighted by molar-refractivity contribution is 5.97. The molecule has 0 amide bonds. The van der Waals surface area contributed by atoms with Gasteiger partial charge in [-0.15, -0.1) is 0 Å². The highest BCUT2D eigenvalue weighted by Gasteiger charge is 2.57. The topological polar surface area (TPSA) is 113 Å². The minimum Gasteiger partial charge on any atom is -0.460 e. The Morgan fingerprint density at radius 2 is 1.59 bits per heavy atom. The van der Waals surface area contributed by atoms with Gasteiger partial charge in [-0.2, -0.15) is 0 Å². The zero-order valence-corrected chi connectivity index (χ0v) is 23.6. The number of ketones is 1. The molecule has 1 heterocycles. The van der Waals surface area contributed by atoms with E-state index >= 15 is 0 Å². The second-order valence-electron chi connectivity index (χ2n) is 13.3. The molecule has 8 nitrogen and oxygen atoms in total. The highest BCUT2D eigenvalue weighted by Crippen LogP contribution is 2.57. The molecule has 8 atom stereocenters. The van der Waals surface area contributed by atoms with E-state index in [0.717, 1.165) is 19.3 Å². The van der Waals surface area contributed by atoms with Gasteiger partial charge in [-0.3, -0.25) is 24.0 Å². The van der Waals surface area contributed by atoms with Crippen LogP contribution in [0.4, 0.5) is 0 Å². The van der Waals surface area contributed by atoms with Gasteiger partial charge in [0.25, 0.3) is 0 Å². The van der Waals surface area contributed by atoms with Crippen molar-refractivity contribution in [3.63, 3.8) is 0 Å². The van der Waals surface area contributed by atoms with E-state index in [1.165, 1.54) is 6.92 Å². The van der Waals surface area contributed by atoms with Crippen molar-refractivity contribution in [1.82, 2.24) is 0 Å². The van der Waals surface area contributed by atoms with Crippen molar-refractivity contribution >= 4 is 29.7 Å². The molecule has 1 aliphatic heterocycles. The maximum absolute atomic E-state index is 13.3. The van der Waals surface area contributed by atoms with Crippen molar-refractivity contribution in [1.29, 1.82) is 0 Å². The molecule has 3 aliphatic rings. The minimum atomic E-state index is -0.969. The van der Waals surface area contributed by atoms with E-state index in [4.69, 9.17) is 14.2 Å². The Kier molecular flexibility index (Phi) is 8.60. The Morgan fingerprint density at radius 1 is 0.973 bits per heavy atom. The van der Waals surface area contributed by atoms with Crippen LogP contribution in [0.15, 0.2) is 0 Å². The summed E-state index contributed by atoms with van der Waals surface area (Å²) in [6, 6.07) is 0. The number of ether oxygens (including phenoxy) is 3. The van der Waals surface area contributed by atoms with Crippen molar-refractivity contribution in [3.05, 3.63) is 0 Å². The van der Waals surface area contributed by atoms with Crippen molar-refractivity contribution in [2.24, 2.45) is 47.3 Å². The number of rotatable bonds is 10. The Balaban J connectivity index is 1.80. The molecular weight excluding hydrogens is 476 g/mol. The van der Waals surface area contributed by atoms with E-state index < -0.39 is 58.8 Å². The molecule has 37 heavy (non-hydrogen) atoms. The van der Waals surface area contributed by atoms with Gasteiger partial charge in [-0.05, 0) is 97.3 Å². The van der Waals surface area contributed by atoms with Crippen LogP contribution in [0.3, 0.4) is 0 Å². The zero-order valence-electron chi connectivity index (χ0n) is 23.6. The molecule has 1 saturated heterocycles. The van der Waals surface area contributed by atoms with Crippen molar-refractivity contribution in [2.75, 3.05) is 0 Å². The van der Waals surface area contributed by atoms with Crippen LogP contribution in [-0.4, -0.2) is 40.9 Å². The molecular formula is C29H44O8. The van der Waals surface area contributed by atoms with Gasteiger partial charge in [0, 0.05) is 6.42 Å². The van der Waals surface area contributed by atoms with Crippen LogP contribution in [0.5, 0.6) is 0 Å². The molecule has 8 heteroatoms. The monoisotopic (exact) mass is 520 g/mol. The quantitative estimate of drug-likeness (QED) is 0.232. The first-order valence-corrected chi connectivity index (χ1v) is 13.7. The third-order valence-electron chi connectivity index (χ3n) is 8.40. The molecule has 0 aromatic carbocycles. The summed E-state index contributed by atoms with van der Waals surface area (Å²) in [4.78, 5) is 63.5. The van der Waals surface area contributed by atoms with Gasteiger partial charge in [0.05, 0.1) is 23.7 Å². The largest absolute Gasteiger partial charge is 0.460 e. The first-order chi connectivity index (χ1) is 17.0. The zero-order chi connectivity index (χ0) is 27.9. The fourth-order valence-corrected chi connectivity index (χ4v) is 6.98. The van der Waals surface area contributed by atoms with E-state index in [9.17, 15) is 24.0 Å². The third kappa shape index (κ3) is 6.99.